The van der Waals surface area contributed by atoms with E-state index in [0.717, 1.165) is 5.56 Å². The molecule has 0 aliphatic heterocycles. The van der Waals surface area contributed by atoms with Crippen LogP contribution in [0.3, 0.4) is 0 Å². The van der Waals surface area contributed by atoms with Gasteiger partial charge in [0.25, 0.3) is 14.0 Å². The molecule has 0 radical (unpaired) electrons. The van der Waals surface area contributed by atoms with Crippen molar-refractivity contribution in [3.8, 4) is 0 Å². The van der Waals surface area contributed by atoms with Crippen LogP contribution >= 0.6 is 10.8 Å². The van der Waals surface area contributed by atoms with Gasteiger partial charge in [-0.05, 0) is 24.0 Å². The molecule has 0 bridgehead atoms. The van der Waals surface area contributed by atoms with E-state index in [1.807, 2.05) is 6.92 Å². The van der Waals surface area contributed by atoms with E-state index in [4.69, 9.17) is 0 Å². The van der Waals surface area contributed by atoms with Crippen LogP contribution in [0.25, 0.3) is 0 Å². The number of hydrogen-bond acceptors (Lipinski definition) is 4. The topological polar surface area (TPSA) is 51.2 Å². The molecular weight excluding hydrogens is 220 g/mol. The first kappa shape index (κ1) is 11.3. The summed E-state index contributed by atoms with van der Waals surface area (Å²) in [4.78, 5) is 11.4. The van der Waals surface area contributed by atoms with Crippen LogP contribution in [0.1, 0.15) is 15.9 Å². The molecule has 0 N–H and O–H groups in total. The Hall–Kier alpha value is -0.810. The maximum absolute atomic E-state index is 11.4. The molecule has 0 unspecified atom stereocenters. The van der Waals surface area contributed by atoms with E-state index in [1.165, 1.54) is 18.4 Å². The number of hydrogen-bond donors (Lipinski definition) is 0. The maximum Gasteiger partial charge on any atom is 0.287 e. The molecule has 76 valence electrons. The molecule has 5 heteroatoms. The van der Waals surface area contributed by atoms with Crippen LogP contribution in [0.5, 0.6) is 0 Å². The van der Waals surface area contributed by atoms with Gasteiger partial charge in [0.2, 0.25) is 0 Å². The Morgan fingerprint density at radius 1 is 1.21 bits per heavy atom. The Labute approximate surface area is 86.8 Å². The molecule has 3 nitrogen and oxygen atoms in total. The van der Waals surface area contributed by atoms with Crippen molar-refractivity contribution in [2.45, 2.75) is 6.92 Å². The lowest BCUT2D eigenvalue weighted by Crippen LogP contribution is -2.10. The van der Waals surface area contributed by atoms with E-state index in [0.29, 0.717) is 10.8 Å². The summed E-state index contributed by atoms with van der Waals surface area (Å²) in [5.74, 6) is 0. The number of carbonyl (C=O) groups is 1. The lowest BCUT2D eigenvalue weighted by atomic mass is 10.2. The Morgan fingerprint density at radius 3 is 2.14 bits per heavy atom. The van der Waals surface area contributed by atoms with Gasteiger partial charge in [0, 0.05) is 5.56 Å². The highest BCUT2D eigenvalue weighted by Crippen LogP contribution is 2.15. The summed E-state index contributed by atoms with van der Waals surface area (Å²) < 4.78 is 22.4. The summed E-state index contributed by atoms with van der Waals surface area (Å²) >= 11 is 0. The van der Waals surface area contributed by atoms with Crippen molar-refractivity contribution in [1.82, 2.24) is 0 Å². The largest absolute Gasteiger partial charge is 0.287 e. The summed E-state index contributed by atoms with van der Waals surface area (Å²) in [5.41, 5.74) is 1.20. The average molecular weight is 230 g/mol. The summed E-state index contributed by atoms with van der Waals surface area (Å²) in [7, 11) is -3.13. The summed E-state index contributed by atoms with van der Waals surface area (Å²) in [5, 5.41) is -0.829. The molecule has 0 saturated heterocycles. The fourth-order valence-corrected chi connectivity index (χ4v) is 2.23. The van der Waals surface area contributed by atoms with E-state index < -0.39 is 14.0 Å². The molecule has 1 rings (SSSR count). The van der Waals surface area contributed by atoms with Gasteiger partial charge in [-0.2, -0.15) is 0 Å². The van der Waals surface area contributed by atoms with E-state index in [2.05, 4.69) is 0 Å². The molecule has 0 saturated carbocycles. The van der Waals surface area contributed by atoms with Gasteiger partial charge in [0.05, 0.1) is 0 Å². The van der Waals surface area contributed by atoms with Gasteiger partial charge in [-0.25, -0.2) is 8.42 Å². The first-order valence-corrected chi connectivity index (χ1v) is 7.11. The first-order valence-electron chi connectivity index (χ1n) is 3.89. The molecule has 0 aromatic heterocycles. The Bertz CT molecular complexity index is 432. The number of aryl methyl sites for hydroxylation is 1. The maximum atomic E-state index is 11.4. The van der Waals surface area contributed by atoms with Crippen molar-refractivity contribution < 1.29 is 13.2 Å². The zero-order chi connectivity index (χ0) is 10.8. The minimum atomic E-state index is -3.69. The molecule has 0 heterocycles. The third-order valence-corrected chi connectivity index (χ3v) is 4.63. The Morgan fingerprint density at radius 2 is 1.71 bits per heavy atom. The lowest BCUT2D eigenvalue weighted by molar-refractivity contribution is 0.107. The minimum Gasteiger partial charge on any atom is -0.275 e. The van der Waals surface area contributed by atoms with Gasteiger partial charge in [-0.15, -0.1) is 0 Å². The monoisotopic (exact) mass is 230 g/mol. The lowest BCUT2D eigenvalue weighted by Gasteiger charge is -1.99. The van der Waals surface area contributed by atoms with Gasteiger partial charge in [-0.1, -0.05) is 29.8 Å². The standard InChI is InChI=1S/C9H10O3S2/c1-7-3-5-8(6-4-7)9(10)14(11,12)13-2/h3-6H,1-2H3. The second-order valence-corrected chi connectivity index (χ2v) is 6.70. The molecule has 1 aromatic carbocycles. The van der Waals surface area contributed by atoms with Crippen LogP contribution in [0.2, 0.25) is 0 Å². The van der Waals surface area contributed by atoms with Crippen LogP contribution in [0.15, 0.2) is 24.3 Å². The third kappa shape index (κ3) is 2.36. The Balaban J connectivity index is 3.08. The van der Waals surface area contributed by atoms with Crippen LogP contribution < -0.4 is 0 Å². The number of benzene rings is 1. The molecule has 0 aliphatic carbocycles. The zero-order valence-electron chi connectivity index (χ0n) is 7.85. The summed E-state index contributed by atoms with van der Waals surface area (Å²) in [6.45, 7) is 1.87. The van der Waals surface area contributed by atoms with Crippen molar-refractivity contribution in [3.63, 3.8) is 0 Å². The van der Waals surface area contributed by atoms with Crippen LogP contribution in [-0.4, -0.2) is 19.8 Å². The first-order chi connectivity index (χ1) is 6.47. The fraction of sp³-hybridized carbons (Fsp3) is 0.222. The molecular formula is C9H10O3S2. The summed E-state index contributed by atoms with van der Waals surface area (Å²) in [6, 6.07) is 6.46. The minimum absolute atomic E-state index is 0.213. The normalized spacial score (nSPS) is 11.3. The second kappa shape index (κ2) is 4.14. The highest BCUT2D eigenvalue weighted by atomic mass is 33.1. The third-order valence-electron chi connectivity index (χ3n) is 1.73. The zero-order valence-corrected chi connectivity index (χ0v) is 9.48. The Kier molecular flexibility index (Phi) is 3.34. The molecule has 1 aromatic rings. The second-order valence-electron chi connectivity index (χ2n) is 2.77. The SMILES string of the molecule is CSS(=O)(=O)C(=O)c1ccc(C)cc1. The molecule has 0 atom stereocenters. The van der Waals surface area contributed by atoms with Crippen molar-refractivity contribution in [3.05, 3.63) is 35.4 Å². The van der Waals surface area contributed by atoms with Crippen LogP contribution in [-0.2, 0) is 8.87 Å². The van der Waals surface area contributed by atoms with Gasteiger partial charge in [-0.3, -0.25) is 4.79 Å². The molecule has 0 spiro atoms. The molecule has 0 aliphatic rings. The highest BCUT2D eigenvalue weighted by Gasteiger charge is 2.22. The molecule has 14 heavy (non-hydrogen) atoms. The van der Waals surface area contributed by atoms with E-state index in [9.17, 15) is 13.2 Å². The van der Waals surface area contributed by atoms with E-state index in [1.54, 1.807) is 12.1 Å². The number of rotatable bonds is 2. The van der Waals surface area contributed by atoms with Crippen LogP contribution in [0, 0.1) is 6.92 Å². The summed E-state index contributed by atoms with van der Waals surface area (Å²) in [6.07, 6.45) is 1.38. The van der Waals surface area contributed by atoms with Gasteiger partial charge >= 0.3 is 0 Å². The van der Waals surface area contributed by atoms with E-state index in [-0.39, 0.29) is 5.56 Å². The van der Waals surface area contributed by atoms with Gasteiger partial charge in [0.1, 0.15) is 0 Å². The van der Waals surface area contributed by atoms with Crippen molar-refractivity contribution in [2.24, 2.45) is 0 Å². The highest BCUT2D eigenvalue weighted by molar-refractivity contribution is 8.77. The van der Waals surface area contributed by atoms with Crippen molar-refractivity contribution >= 4 is 24.8 Å². The van der Waals surface area contributed by atoms with Crippen molar-refractivity contribution in [1.29, 1.82) is 0 Å². The average Bonchev–Trinajstić information content (AvgIpc) is 2.18. The predicted molar refractivity (Wildman–Crippen MR) is 57.9 cm³/mol. The van der Waals surface area contributed by atoms with Crippen LogP contribution in [0.4, 0.5) is 0 Å². The quantitative estimate of drug-likeness (QED) is 0.727. The van der Waals surface area contributed by atoms with Gasteiger partial charge < -0.3 is 0 Å². The van der Waals surface area contributed by atoms with E-state index >= 15 is 0 Å². The van der Waals surface area contributed by atoms with Gasteiger partial charge in [0.15, 0.2) is 0 Å². The van der Waals surface area contributed by atoms with Crippen molar-refractivity contribution in [2.75, 3.05) is 6.26 Å². The fourth-order valence-electron chi connectivity index (χ4n) is 0.910. The number of carbonyl (C=O) groups excluding carboxylic acids is 1. The smallest absolute Gasteiger partial charge is 0.275 e. The molecule has 0 amide bonds. The molecule has 0 fully saturated rings. The predicted octanol–water partition coefficient (Wildman–Crippen LogP) is 1.83.